The smallest absolute Gasteiger partial charge is 0.227 e. The normalized spacial score (nSPS) is 28.4. The monoisotopic (exact) mass is 262 g/mol. The first-order valence-electron chi connectivity index (χ1n) is 6.60. The molecular formula is C13H27ClN2O. The topological polar surface area (TPSA) is 46.3 Å². The van der Waals surface area contributed by atoms with Crippen LogP contribution in [0, 0.1) is 5.92 Å². The highest BCUT2D eigenvalue weighted by atomic mass is 35.5. The van der Waals surface area contributed by atoms with E-state index in [2.05, 4.69) is 6.92 Å². The summed E-state index contributed by atoms with van der Waals surface area (Å²) in [5, 5.41) is 0. The molecule has 1 aliphatic carbocycles. The molecule has 0 radical (unpaired) electrons. The lowest BCUT2D eigenvalue weighted by atomic mass is 9.74. The van der Waals surface area contributed by atoms with Crippen LogP contribution in [-0.4, -0.2) is 29.4 Å². The van der Waals surface area contributed by atoms with Crippen LogP contribution in [0.3, 0.4) is 0 Å². The zero-order chi connectivity index (χ0) is 12.2. The third-order valence-electron chi connectivity index (χ3n) is 3.74. The van der Waals surface area contributed by atoms with Gasteiger partial charge in [-0.2, -0.15) is 0 Å². The van der Waals surface area contributed by atoms with Gasteiger partial charge in [0.25, 0.3) is 0 Å². The molecule has 1 rings (SSSR count). The van der Waals surface area contributed by atoms with Crippen LogP contribution in [0.15, 0.2) is 0 Å². The molecule has 1 amide bonds. The van der Waals surface area contributed by atoms with Crippen molar-refractivity contribution in [3.63, 3.8) is 0 Å². The summed E-state index contributed by atoms with van der Waals surface area (Å²) >= 11 is 0. The first kappa shape index (κ1) is 16.7. The predicted molar refractivity (Wildman–Crippen MR) is 74.3 cm³/mol. The van der Waals surface area contributed by atoms with Crippen LogP contribution >= 0.6 is 12.4 Å². The molecule has 0 heterocycles. The van der Waals surface area contributed by atoms with Crippen LogP contribution in [0.5, 0.6) is 0 Å². The molecule has 17 heavy (non-hydrogen) atoms. The fraction of sp³-hybridized carbons (Fsp3) is 0.923. The summed E-state index contributed by atoms with van der Waals surface area (Å²) in [4.78, 5) is 14.3. The lowest BCUT2D eigenvalue weighted by molar-refractivity contribution is -0.138. The van der Waals surface area contributed by atoms with E-state index in [0.29, 0.717) is 0 Å². The second kappa shape index (κ2) is 7.22. The SMILES string of the molecule is CCCN(CC)C(=O)C1CCCCC1(C)N.Cl. The summed E-state index contributed by atoms with van der Waals surface area (Å²) in [5.74, 6) is 0.307. The Morgan fingerprint density at radius 2 is 2.06 bits per heavy atom. The highest BCUT2D eigenvalue weighted by Gasteiger charge is 2.39. The summed E-state index contributed by atoms with van der Waals surface area (Å²) in [5.41, 5.74) is 5.97. The van der Waals surface area contributed by atoms with Crippen molar-refractivity contribution in [2.75, 3.05) is 13.1 Å². The Bertz CT molecular complexity index is 244. The molecule has 102 valence electrons. The quantitative estimate of drug-likeness (QED) is 0.847. The molecule has 1 aliphatic rings. The van der Waals surface area contributed by atoms with Crippen LogP contribution in [0.4, 0.5) is 0 Å². The number of carbonyl (C=O) groups is 1. The average Bonchev–Trinajstić information content (AvgIpc) is 2.24. The Morgan fingerprint density at radius 3 is 2.53 bits per heavy atom. The highest BCUT2D eigenvalue weighted by molar-refractivity contribution is 5.85. The van der Waals surface area contributed by atoms with Gasteiger partial charge in [0.15, 0.2) is 0 Å². The molecule has 1 fully saturated rings. The van der Waals surface area contributed by atoms with E-state index < -0.39 is 0 Å². The van der Waals surface area contributed by atoms with Gasteiger partial charge in [-0.05, 0) is 33.1 Å². The summed E-state index contributed by atoms with van der Waals surface area (Å²) in [7, 11) is 0. The molecule has 0 aromatic rings. The van der Waals surface area contributed by atoms with Gasteiger partial charge in [0, 0.05) is 18.6 Å². The molecular weight excluding hydrogens is 236 g/mol. The Labute approximate surface area is 112 Å². The maximum atomic E-state index is 12.4. The van der Waals surface area contributed by atoms with Crippen molar-refractivity contribution in [2.45, 2.75) is 58.4 Å². The minimum absolute atomic E-state index is 0. The molecule has 2 unspecified atom stereocenters. The summed E-state index contributed by atoms with van der Waals surface area (Å²) in [6.45, 7) is 7.86. The molecule has 1 saturated carbocycles. The number of hydrogen-bond donors (Lipinski definition) is 1. The van der Waals surface area contributed by atoms with Crippen LogP contribution in [0.2, 0.25) is 0 Å². The second-order valence-corrected chi connectivity index (χ2v) is 5.22. The van der Waals surface area contributed by atoms with Crippen molar-refractivity contribution >= 4 is 18.3 Å². The standard InChI is InChI=1S/C13H26N2O.ClH/c1-4-10-15(5-2)12(16)11-8-6-7-9-13(11,3)14;/h11H,4-10,14H2,1-3H3;1H. The first-order chi connectivity index (χ1) is 7.53. The number of nitrogens with zero attached hydrogens (tertiary/aromatic N) is 1. The number of carbonyl (C=O) groups excluding carboxylic acids is 1. The average molecular weight is 263 g/mol. The third-order valence-corrected chi connectivity index (χ3v) is 3.74. The largest absolute Gasteiger partial charge is 0.343 e. The molecule has 0 saturated heterocycles. The van der Waals surface area contributed by atoms with Gasteiger partial charge >= 0.3 is 0 Å². The number of rotatable bonds is 4. The van der Waals surface area contributed by atoms with Gasteiger partial charge in [0.2, 0.25) is 5.91 Å². The maximum absolute atomic E-state index is 12.4. The summed E-state index contributed by atoms with van der Waals surface area (Å²) < 4.78 is 0. The molecule has 0 bridgehead atoms. The zero-order valence-electron chi connectivity index (χ0n) is 11.4. The lowest BCUT2D eigenvalue weighted by Gasteiger charge is -2.39. The van der Waals surface area contributed by atoms with Gasteiger partial charge in [-0.3, -0.25) is 4.79 Å². The van der Waals surface area contributed by atoms with Crippen LogP contribution in [-0.2, 0) is 4.79 Å². The Kier molecular flexibility index (Phi) is 7.10. The molecule has 3 nitrogen and oxygen atoms in total. The fourth-order valence-electron chi connectivity index (χ4n) is 2.68. The lowest BCUT2D eigenvalue weighted by Crippen LogP contribution is -2.53. The Hall–Kier alpha value is -0.280. The van der Waals surface area contributed by atoms with Crippen LogP contribution < -0.4 is 5.73 Å². The highest BCUT2D eigenvalue weighted by Crippen LogP contribution is 2.32. The van der Waals surface area contributed by atoms with Gasteiger partial charge < -0.3 is 10.6 Å². The van der Waals surface area contributed by atoms with E-state index in [-0.39, 0.29) is 29.8 Å². The first-order valence-corrected chi connectivity index (χ1v) is 6.60. The van der Waals surface area contributed by atoms with E-state index in [1.807, 2.05) is 18.7 Å². The Balaban J connectivity index is 0.00000256. The van der Waals surface area contributed by atoms with E-state index in [4.69, 9.17) is 5.73 Å². The van der Waals surface area contributed by atoms with Crippen molar-refractivity contribution in [3.05, 3.63) is 0 Å². The van der Waals surface area contributed by atoms with Gasteiger partial charge in [0.05, 0.1) is 5.92 Å². The van der Waals surface area contributed by atoms with Crippen LogP contribution in [0.25, 0.3) is 0 Å². The fourth-order valence-corrected chi connectivity index (χ4v) is 2.68. The predicted octanol–water partition coefficient (Wildman–Crippen LogP) is 2.57. The number of halogens is 1. The van der Waals surface area contributed by atoms with E-state index in [1.54, 1.807) is 0 Å². The molecule has 0 aliphatic heterocycles. The van der Waals surface area contributed by atoms with Crippen molar-refractivity contribution in [1.82, 2.24) is 4.90 Å². The molecule has 2 N–H and O–H groups in total. The van der Waals surface area contributed by atoms with Crippen molar-refractivity contribution in [2.24, 2.45) is 11.7 Å². The summed E-state index contributed by atoms with van der Waals surface area (Å²) in [6.07, 6.45) is 5.27. The van der Waals surface area contributed by atoms with E-state index >= 15 is 0 Å². The number of amides is 1. The van der Waals surface area contributed by atoms with Gasteiger partial charge in [-0.15, -0.1) is 12.4 Å². The summed E-state index contributed by atoms with van der Waals surface area (Å²) in [6, 6.07) is 0. The van der Waals surface area contributed by atoms with Crippen molar-refractivity contribution in [3.8, 4) is 0 Å². The number of nitrogens with two attached hydrogens (primary N) is 1. The van der Waals surface area contributed by atoms with Crippen molar-refractivity contribution < 1.29 is 4.79 Å². The zero-order valence-corrected chi connectivity index (χ0v) is 12.2. The maximum Gasteiger partial charge on any atom is 0.227 e. The molecule has 0 aromatic carbocycles. The molecule has 2 atom stereocenters. The van der Waals surface area contributed by atoms with E-state index in [1.165, 1.54) is 0 Å². The minimum Gasteiger partial charge on any atom is -0.343 e. The van der Waals surface area contributed by atoms with E-state index in [0.717, 1.165) is 45.2 Å². The van der Waals surface area contributed by atoms with Crippen molar-refractivity contribution in [1.29, 1.82) is 0 Å². The van der Waals surface area contributed by atoms with Gasteiger partial charge in [-0.25, -0.2) is 0 Å². The number of hydrogen-bond acceptors (Lipinski definition) is 2. The minimum atomic E-state index is -0.295. The third kappa shape index (κ3) is 4.14. The molecule has 0 aromatic heterocycles. The van der Waals surface area contributed by atoms with E-state index in [9.17, 15) is 4.79 Å². The second-order valence-electron chi connectivity index (χ2n) is 5.22. The molecule has 4 heteroatoms. The van der Waals surface area contributed by atoms with Crippen LogP contribution in [0.1, 0.15) is 52.9 Å². The molecule has 0 spiro atoms. The van der Waals surface area contributed by atoms with Gasteiger partial charge in [0.1, 0.15) is 0 Å². The Morgan fingerprint density at radius 1 is 1.41 bits per heavy atom. The van der Waals surface area contributed by atoms with Gasteiger partial charge in [-0.1, -0.05) is 19.8 Å².